The van der Waals surface area contributed by atoms with Crippen LogP contribution in [0.5, 0.6) is 0 Å². The topological polar surface area (TPSA) is 59.3 Å². The minimum absolute atomic E-state index is 0.137. The van der Waals surface area contributed by atoms with E-state index in [1.807, 2.05) is 13.8 Å². The van der Waals surface area contributed by atoms with Gasteiger partial charge in [-0.3, -0.25) is 4.57 Å². The summed E-state index contributed by atoms with van der Waals surface area (Å²) < 4.78 is 23.3. The second-order valence-electron chi connectivity index (χ2n) is 3.87. The van der Waals surface area contributed by atoms with Crippen LogP contribution in [0.4, 0.5) is 0 Å². The molecule has 4 nitrogen and oxygen atoms in total. The fraction of sp³-hybridized carbons (Fsp3) is 0.917. The van der Waals surface area contributed by atoms with E-state index < -0.39 is 7.60 Å². The smallest absolute Gasteiger partial charge is 0.309 e. The van der Waals surface area contributed by atoms with E-state index in [0.717, 1.165) is 19.3 Å². The Morgan fingerprint density at radius 1 is 1.18 bits per heavy atom. The van der Waals surface area contributed by atoms with Crippen LogP contribution in [-0.4, -0.2) is 18.9 Å². The average Bonchev–Trinajstić information content (AvgIpc) is 2.29. The number of hydrogen-bond acceptors (Lipinski definition) is 4. The van der Waals surface area contributed by atoms with E-state index in [-0.39, 0.29) is 5.66 Å². The summed E-state index contributed by atoms with van der Waals surface area (Å²) in [6.07, 6.45) is 3.82. The molecule has 0 aromatic rings. The van der Waals surface area contributed by atoms with Gasteiger partial charge in [-0.15, -0.1) is 0 Å². The van der Waals surface area contributed by atoms with Gasteiger partial charge < -0.3 is 9.05 Å². The molecule has 0 saturated carbocycles. The van der Waals surface area contributed by atoms with Crippen molar-refractivity contribution in [3.8, 4) is 6.07 Å². The molecule has 0 bridgehead atoms. The van der Waals surface area contributed by atoms with Crippen molar-refractivity contribution in [2.24, 2.45) is 0 Å². The molecule has 0 unspecified atom stereocenters. The van der Waals surface area contributed by atoms with Crippen molar-refractivity contribution in [1.29, 1.82) is 5.26 Å². The van der Waals surface area contributed by atoms with Crippen LogP contribution < -0.4 is 0 Å². The van der Waals surface area contributed by atoms with Crippen LogP contribution in [0.2, 0.25) is 0 Å². The van der Waals surface area contributed by atoms with Crippen molar-refractivity contribution in [2.45, 2.75) is 58.5 Å². The number of nitriles is 1. The van der Waals surface area contributed by atoms with Gasteiger partial charge in [-0.1, -0.05) is 19.8 Å². The first kappa shape index (κ1) is 16.6. The molecule has 17 heavy (non-hydrogen) atoms. The fourth-order valence-corrected chi connectivity index (χ4v) is 3.90. The Morgan fingerprint density at radius 3 is 2.18 bits per heavy atom. The van der Waals surface area contributed by atoms with Gasteiger partial charge in [0.1, 0.15) is 0 Å². The predicted molar refractivity (Wildman–Crippen MR) is 69.0 cm³/mol. The molecule has 0 aliphatic rings. The molecule has 0 saturated heterocycles. The lowest BCUT2D eigenvalue weighted by Gasteiger charge is -2.25. The maximum Gasteiger partial charge on any atom is 0.333 e. The summed E-state index contributed by atoms with van der Waals surface area (Å²) in [6.45, 7) is 6.48. The van der Waals surface area contributed by atoms with Gasteiger partial charge in [0.25, 0.3) is 0 Å². The van der Waals surface area contributed by atoms with Gasteiger partial charge in [-0.05, 0) is 26.7 Å². The monoisotopic (exact) mass is 261 g/mol. The second-order valence-corrected chi connectivity index (χ2v) is 6.19. The van der Waals surface area contributed by atoms with Gasteiger partial charge in [0.05, 0.1) is 24.9 Å². The van der Waals surface area contributed by atoms with E-state index in [1.165, 1.54) is 0 Å². The largest absolute Gasteiger partial charge is 0.333 e. The summed E-state index contributed by atoms with van der Waals surface area (Å²) >= 11 is 0. The highest BCUT2D eigenvalue weighted by atomic mass is 31.2. The molecule has 0 fully saturated rings. The maximum absolute atomic E-state index is 12.6. The molecule has 100 valence electrons. The van der Waals surface area contributed by atoms with Crippen LogP contribution in [0.1, 0.15) is 52.9 Å². The lowest BCUT2D eigenvalue weighted by Crippen LogP contribution is -2.13. The molecule has 0 aliphatic carbocycles. The summed E-state index contributed by atoms with van der Waals surface area (Å²) in [7, 11) is -3.04. The zero-order valence-electron chi connectivity index (χ0n) is 11.1. The molecule has 0 spiro atoms. The van der Waals surface area contributed by atoms with Crippen LogP contribution >= 0.6 is 7.60 Å². The van der Waals surface area contributed by atoms with E-state index in [0.29, 0.717) is 26.1 Å². The Balaban J connectivity index is 4.66. The van der Waals surface area contributed by atoms with Gasteiger partial charge in [-0.25, -0.2) is 0 Å². The Labute approximate surface area is 105 Å². The highest BCUT2D eigenvalue weighted by Crippen LogP contribution is 2.56. The Kier molecular flexibility index (Phi) is 9.44. The van der Waals surface area contributed by atoms with Gasteiger partial charge in [0.2, 0.25) is 0 Å². The van der Waals surface area contributed by atoms with Crippen LogP contribution in [0.15, 0.2) is 0 Å². The third-order valence-corrected chi connectivity index (χ3v) is 5.19. The molecule has 0 aromatic carbocycles. The van der Waals surface area contributed by atoms with E-state index in [4.69, 9.17) is 14.3 Å². The Morgan fingerprint density at radius 2 is 1.76 bits per heavy atom. The summed E-state index contributed by atoms with van der Waals surface area (Å²) in [6, 6.07) is 2.10. The first-order valence-corrected chi connectivity index (χ1v) is 8.01. The molecule has 0 aliphatic heterocycles. The highest BCUT2D eigenvalue weighted by molar-refractivity contribution is 7.54. The number of unbranched alkanes of at least 4 members (excludes halogenated alkanes) is 1. The van der Waals surface area contributed by atoms with Gasteiger partial charge in [0, 0.05) is 6.42 Å². The molecule has 0 radical (unpaired) electrons. The zero-order valence-corrected chi connectivity index (χ0v) is 12.0. The van der Waals surface area contributed by atoms with E-state index >= 15 is 0 Å². The van der Waals surface area contributed by atoms with Gasteiger partial charge >= 0.3 is 7.60 Å². The molecule has 5 heteroatoms. The van der Waals surface area contributed by atoms with E-state index in [1.54, 1.807) is 0 Å². The number of hydrogen-bond donors (Lipinski definition) is 0. The molecule has 1 atom stereocenters. The molecule has 0 N–H and O–H groups in total. The minimum Gasteiger partial charge on any atom is -0.309 e. The van der Waals surface area contributed by atoms with E-state index in [9.17, 15) is 4.57 Å². The predicted octanol–water partition coefficient (Wildman–Crippen LogP) is 4.12. The van der Waals surface area contributed by atoms with Crippen LogP contribution in [0.25, 0.3) is 0 Å². The van der Waals surface area contributed by atoms with Crippen molar-refractivity contribution in [3.05, 3.63) is 0 Å². The summed E-state index contributed by atoms with van der Waals surface area (Å²) in [5, 5.41) is 8.64. The molecule has 0 amide bonds. The molecular weight excluding hydrogens is 237 g/mol. The Bertz CT molecular complexity index is 265. The summed E-state index contributed by atoms with van der Waals surface area (Å²) in [4.78, 5) is 0. The van der Waals surface area contributed by atoms with Crippen molar-refractivity contribution in [3.63, 3.8) is 0 Å². The zero-order chi connectivity index (χ0) is 13.1. The first-order chi connectivity index (χ1) is 8.14. The lowest BCUT2D eigenvalue weighted by molar-refractivity contribution is 0.209. The van der Waals surface area contributed by atoms with Crippen LogP contribution in [-0.2, 0) is 13.6 Å². The lowest BCUT2D eigenvalue weighted by atomic mass is 10.1. The maximum atomic E-state index is 12.6. The number of rotatable bonds is 10. The molecule has 0 aromatic heterocycles. The summed E-state index contributed by atoms with van der Waals surface area (Å²) in [5.74, 6) is 0. The SMILES string of the molecule is CCCC[C@H](CCC#N)P(=O)(OCC)OCC. The van der Waals surface area contributed by atoms with Crippen LogP contribution in [0, 0.1) is 11.3 Å². The first-order valence-electron chi connectivity index (χ1n) is 6.40. The third kappa shape index (κ3) is 6.21. The molecule has 0 rings (SSSR count). The van der Waals surface area contributed by atoms with Crippen molar-refractivity contribution in [1.82, 2.24) is 0 Å². The Hall–Kier alpha value is -0.360. The third-order valence-electron chi connectivity index (χ3n) is 2.55. The van der Waals surface area contributed by atoms with Crippen LogP contribution in [0.3, 0.4) is 0 Å². The molecule has 0 heterocycles. The van der Waals surface area contributed by atoms with Gasteiger partial charge in [0.15, 0.2) is 0 Å². The van der Waals surface area contributed by atoms with E-state index in [2.05, 4.69) is 13.0 Å². The normalized spacial score (nSPS) is 13.3. The quantitative estimate of drug-likeness (QED) is 0.555. The average molecular weight is 261 g/mol. The van der Waals surface area contributed by atoms with Gasteiger partial charge in [-0.2, -0.15) is 5.26 Å². The minimum atomic E-state index is -3.04. The van der Waals surface area contributed by atoms with Crippen molar-refractivity contribution >= 4 is 7.60 Å². The molecular formula is C12H24NO3P. The standard InChI is InChI=1S/C12H24NO3P/c1-4-7-9-12(10-8-11-13)17(14,15-5-2)16-6-3/h12H,4-10H2,1-3H3/t12-/m1/s1. The second kappa shape index (κ2) is 9.65. The fourth-order valence-electron chi connectivity index (χ4n) is 1.74. The van der Waals surface area contributed by atoms with Crippen molar-refractivity contribution in [2.75, 3.05) is 13.2 Å². The summed E-state index contributed by atoms with van der Waals surface area (Å²) in [5.41, 5.74) is -0.137. The van der Waals surface area contributed by atoms with Crippen molar-refractivity contribution < 1.29 is 13.6 Å². The highest BCUT2D eigenvalue weighted by Gasteiger charge is 2.34. The number of nitrogens with zero attached hydrogens (tertiary/aromatic N) is 1.